The summed E-state index contributed by atoms with van der Waals surface area (Å²) in [6, 6.07) is 33.7. The van der Waals surface area contributed by atoms with Gasteiger partial charge in [0.2, 0.25) is 0 Å². The minimum absolute atomic E-state index is 0.140. The molecule has 0 atom stereocenters. The highest BCUT2D eigenvalue weighted by Gasteiger charge is 2.16. The van der Waals surface area contributed by atoms with Gasteiger partial charge in [-0.2, -0.15) is 0 Å². The molecule has 10 aromatic rings. The molecule has 0 unspecified atom stereocenters. The molecule has 2 heteroatoms. The van der Waals surface area contributed by atoms with E-state index in [1.807, 2.05) is 133 Å². The van der Waals surface area contributed by atoms with Crippen LogP contribution in [0.5, 0.6) is 0 Å². The molecule has 0 fully saturated rings. The van der Waals surface area contributed by atoms with Crippen LogP contribution < -0.4 is 4.90 Å². The van der Waals surface area contributed by atoms with E-state index in [4.69, 9.17) is 16.8 Å². The van der Waals surface area contributed by atoms with Crippen LogP contribution in [0.3, 0.4) is 0 Å². The van der Waals surface area contributed by atoms with Crippen molar-refractivity contribution in [1.82, 2.24) is 0 Å². The molecule has 0 aliphatic heterocycles. The van der Waals surface area contributed by atoms with E-state index in [1.165, 1.54) is 0 Å². The second kappa shape index (κ2) is 13.4. The highest BCUT2D eigenvalue weighted by atomic mass is 16.3. The van der Waals surface area contributed by atoms with Gasteiger partial charge in [0.05, 0.1) is 17.8 Å². The predicted octanol–water partition coefficient (Wildman–Crippen LogP) is 14.9. The largest absolute Gasteiger partial charge is 0.456 e. The van der Waals surface area contributed by atoms with E-state index >= 15 is 0 Å². The molecule has 10 rings (SSSR count). The van der Waals surface area contributed by atoms with Gasteiger partial charge in [0.25, 0.3) is 0 Å². The highest BCUT2D eigenvalue weighted by molar-refractivity contribution is 6.12. The third kappa shape index (κ3) is 5.71. The summed E-state index contributed by atoms with van der Waals surface area (Å²) in [5.74, 6) is 0. The number of hydrogen-bond acceptors (Lipinski definition) is 2. The quantitative estimate of drug-likeness (QED) is 0.164. The number of rotatable bonds is 7. The van der Waals surface area contributed by atoms with Crippen LogP contribution in [0.1, 0.15) is 17.8 Å². The van der Waals surface area contributed by atoms with Crippen molar-refractivity contribution in [2.24, 2.45) is 0 Å². The van der Waals surface area contributed by atoms with E-state index in [1.54, 1.807) is 4.90 Å². The number of anilines is 3. The molecule has 254 valence electrons. The van der Waals surface area contributed by atoms with E-state index in [0.29, 0.717) is 11.4 Å². The molecule has 0 radical (unpaired) electrons. The maximum absolute atomic E-state index is 9.53. The molecule has 0 bridgehead atoms. The van der Waals surface area contributed by atoms with Crippen LogP contribution >= 0.6 is 0 Å². The Hall–Kier alpha value is -7.16. The van der Waals surface area contributed by atoms with Crippen molar-refractivity contribution in [1.29, 1.82) is 0 Å². The Balaban J connectivity index is 1.15. The number of benzene rings is 9. The van der Waals surface area contributed by atoms with Gasteiger partial charge in [0.15, 0.2) is 0 Å². The van der Waals surface area contributed by atoms with Gasteiger partial charge in [-0.3, -0.25) is 0 Å². The fourth-order valence-corrected chi connectivity index (χ4v) is 6.96. The summed E-state index contributed by atoms with van der Waals surface area (Å²) in [5, 5.41) is 4.02. The van der Waals surface area contributed by atoms with Crippen molar-refractivity contribution in [3.05, 3.63) is 212 Å². The number of fused-ring (bicyclic) bond motifs is 4. The summed E-state index contributed by atoms with van der Waals surface area (Å²) in [7, 11) is 0. The molecule has 1 heterocycles. The lowest BCUT2D eigenvalue weighted by Gasteiger charge is -2.26. The zero-order valence-corrected chi connectivity index (χ0v) is 28.6. The third-order valence-electron chi connectivity index (χ3n) is 9.53. The molecule has 54 heavy (non-hydrogen) atoms. The summed E-state index contributed by atoms with van der Waals surface area (Å²) < 4.78 is 121. The summed E-state index contributed by atoms with van der Waals surface area (Å²) in [4.78, 5) is 1.62. The molecule has 2 nitrogen and oxygen atoms in total. The summed E-state index contributed by atoms with van der Waals surface area (Å²) in [5.41, 5.74) is 3.89. The zero-order valence-electron chi connectivity index (χ0n) is 41.6. The van der Waals surface area contributed by atoms with Gasteiger partial charge in [-0.1, -0.05) is 164 Å². The number of nitrogens with zero attached hydrogens (tertiary/aromatic N) is 1. The molecule has 0 N–H and O–H groups in total. The average Bonchev–Trinajstić information content (AvgIpc) is 3.74. The highest BCUT2D eigenvalue weighted by Crippen LogP contribution is 2.41. The van der Waals surface area contributed by atoms with Crippen molar-refractivity contribution < 1.29 is 22.2 Å². The molecular formula is C52H35NO. The van der Waals surface area contributed by atoms with E-state index < -0.39 is 101 Å². The van der Waals surface area contributed by atoms with E-state index in [0.717, 1.165) is 55.0 Å². The smallest absolute Gasteiger partial charge is 0.136 e. The van der Waals surface area contributed by atoms with Crippen molar-refractivity contribution in [3.63, 3.8) is 0 Å². The van der Waals surface area contributed by atoms with Crippen molar-refractivity contribution in [2.75, 3.05) is 4.90 Å². The van der Waals surface area contributed by atoms with Crippen LogP contribution in [0.25, 0.3) is 77.2 Å². The van der Waals surface area contributed by atoms with Crippen LogP contribution in [0.4, 0.5) is 17.1 Å². The molecule has 0 aliphatic carbocycles. The fraction of sp³-hybridized carbons (Fsp3) is 0. The second-order valence-electron chi connectivity index (χ2n) is 12.7. The lowest BCUT2D eigenvalue weighted by molar-refractivity contribution is 0.669. The summed E-state index contributed by atoms with van der Waals surface area (Å²) in [6.45, 7) is 0. The average molecular weight is 703 g/mol. The lowest BCUT2D eigenvalue weighted by Crippen LogP contribution is -2.09. The van der Waals surface area contributed by atoms with Gasteiger partial charge in [0, 0.05) is 27.8 Å². The van der Waals surface area contributed by atoms with Crippen LogP contribution in [-0.2, 0) is 0 Å². The predicted molar refractivity (Wildman–Crippen MR) is 228 cm³/mol. The Morgan fingerprint density at radius 2 is 0.852 bits per heavy atom. The number of furan rings is 1. The molecule has 0 spiro atoms. The van der Waals surface area contributed by atoms with E-state index in [-0.39, 0.29) is 5.69 Å². The SMILES string of the molecule is [2H]c1c([2H])c([2H])c(-c2c([2H])c([2H])c(-c3c([2H])c([2H])c(N(c4ccc(-c5cccc6ccccc56)cc4)c4ccc(-c5cccc6oc7ccccc7c56)cc4)c([2H])c3[2H])c([2H])c2[2H])c([2H])c1[2H]. The second-order valence-corrected chi connectivity index (χ2v) is 12.7. The first-order valence-corrected chi connectivity index (χ1v) is 17.4. The Morgan fingerprint density at radius 3 is 1.54 bits per heavy atom. The number of para-hydroxylation sites is 1. The molecule has 0 saturated heterocycles. The van der Waals surface area contributed by atoms with Crippen molar-refractivity contribution >= 4 is 49.8 Å². The lowest BCUT2D eigenvalue weighted by atomic mass is 9.97. The first-order valence-electron chi connectivity index (χ1n) is 23.9. The maximum atomic E-state index is 9.53. The van der Waals surface area contributed by atoms with Gasteiger partial charge < -0.3 is 9.32 Å². The van der Waals surface area contributed by atoms with Gasteiger partial charge >= 0.3 is 0 Å². The van der Waals surface area contributed by atoms with Crippen LogP contribution in [0.2, 0.25) is 0 Å². The Bertz CT molecular complexity index is 3590. The molecule has 9 aromatic carbocycles. The third-order valence-corrected chi connectivity index (χ3v) is 9.53. The monoisotopic (exact) mass is 702 g/mol. The Morgan fingerprint density at radius 1 is 0.352 bits per heavy atom. The van der Waals surface area contributed by atoms with Crippen LogP contribution in [0.15, 0.2) is 216 Å². The molecular weight excluding hydrogens is 655 g/mol. The summed E-state index contributed by atoms with van der Waals surface area (Å²) >= 11 is 0. The minimum Gasteiger partial charge on any atom is -0.456 e. The minimum atomic E-state index is -0.775. The van der Waals surface area contributed by atoms with Gasteiger partial charge in [0.1, 0.15) is 11.2 Å². The fourth-order valence-electron chi connectivity index (χ4n) is 6.96. The van der Waals surface area contributed by atoms with Gasteiger partial charge in [-0.15, -0.1) is 0 Å². The summed E-state index contributed by atoms with van der Waals surface area (Å²) in [6.07, 6.45) is 0. The molecule has 0 aliphatic rings. The first kappa shape index (κ1) is 20.8. The van der Waals surface area contributed by atoms with Crippen molar-refractivity contribution in [3.8, 4) is 44.5 Å². The Kier molecular flexibility index (Phi) is 5.17. The molecule has 1 aromatic heterocycles. The topological polar surface area (TPSA) is 16.4 Å². The number of hydrogen-bond donors (Lipinski definition) is 0. The van der Waals surface area contributed by atoms with Crippen molar-refractivity contribution in [2.45, 2.75) is 0 Å². The molecule has 0 saturated carbocycles. The van der Waals surface area contributed by atoms with E-state index in [9.17, 15) is 5.48 Å². The molecule has 0 amide bonds. The van der Waals surface area contributed by atoms with E-state index in [2.05, 4.69) is 0 Å². The van der Waals surface area contributed by atoms with Crippen LogP contribution in [0, 0.1) is 0 Å². The van der Waals surface area contributed by atoms with Gasteiger partial charge in [-0.25, -0.2) is 0 Å². The van der Waals surface area contributed by atoms with Gasteiger partial charge in [-0.05, 0) is 104 Å². The Labute approximate surface area is 333 Å². The van der Waals surface area contributed by atoms with Crippen LogP contribution in [-0.4, -0.2) is 0 Å². The zero-order chi connectivity index (χ0) is 47.2. The maximum Gasteiger partial charge on any atom is 0.136 e. The standard InChI is InChI=1S/C52H35NO/c1-2-10-36(11-3-1)37-20-22-38(23-21-37)39-24-30-43(31-25-39)53(44-32-26-41(27-33-44)47-16-8-13-40-12-4-5-14-46(40)47)45-34-28-42(29-35-45)48-17-9-19-51-52(48)49-15-6-7-18-50(49)54-51/h1-35H/i1D,2D,3D,10D,11D,20D,21D,22D,23D,24D,25D,30D,31D. The normalized spacial score (nSPS) is 14.7. The first-order chi connectivity index (χ1) is 32.2.